The van der Waals surface area contributed by atoms with Crippen LogP contribution in [0, 0.1) is 0 Å². The molecule has 2 N–H and O–H groups in total. The highest BCUT2D eigenvalue weighted by Gasteiger charge is 2.07. The van der Waals surface area contributed by atoms with Crippen molar-refractivity contribution >= 4 is 11.0 Å². The average Bonchev–Trinajstić information content (AvgIpc) is 3.29. The van der Waals surface area contributed by atoms with Gasteiger partial charge in [0.15, 0.2) is 0 Å². The van der Waals surface area contributed by atoms with Crippen molar-refractivity contribution in [2.75, 3.05) is 6.54 Å². The van der Waals surface area contributed by atoms with E-state index in [0.29, 0.717) is 0 Å². The number of imidazole rings is 1. The van der Waals surface area contributed by atoms with Gasteiger partial charge >= 0.3 is 0 Å². The van der Waals surface area contributed by atoms with Crippen molar-refractivity contribution in [3.63, 3.8) is 0 Å². The first-order valence-corrected chi connectivity index (χ1v) is 8.45. The van der Waals surface area contributed by atoms with Crippen molar-refractivity contribution in [2.45, 2.75) is 19.5 Å². The van der Waals surface area contributed by atoms with Gasteiger partial charge in [0.1, 0.15) is 0 Å². The fourth-order valence-corrected chi connectivity index (χ4v) is 2.99. The van der Waals surface area contributed by atoms with E-state index >= 15 is 0 Å². The molecule has 0 atom stereocenters. The molecule has 0 saturated carbocycles. The maximum Gasteiger partial charge on any atom is 0.0958 e. The summed E-state index contributed by atoms with van der Waals surface area (Å²) in [4.78, 5) is 8.60. The molecular formula is C19H20N6. The Balaban J connectivity index is 1.30. The van der Waals surface area contributed by atoms with Crippen molar-refractivity contribution in [3.8, 4) is 11.3 Å². The van der Waals surface area contributed by atoms with E-state index in [2.05, 4.69) is 42.2 Å². The van der Waals surface area contributed by atoms with Gasteiger partial charge in [0.05, 0.1) is 29.3 Å². The smallest absolute Gasteiger partial charge is 0.0958 e. The molecule has 0 fully saturated rings. The van der Waals surface area contributed by atoms with Crippen LogP contribution in [-0.4, -0.2) is 31.3 Å². The van der Waals surface area contributed by atoms with Gasteiger partial charge in [-0.1, -0.05) is 12.1 Å². The highest BCUT2D eigenvalue weighted by molar-refractivity contribution is 5.74. The van der Waals surface area contributed by atoms with Crippen LogP contribution < -0.4 is 5.32 Å². The zero-order valence-electron chi connectivity index (χ0n) is 13.9. The molecule has 6 nitrogen and oxygen atoms in total. The van der Waals surface area contributed by atoms with E-state index in [-0.39, 0.29) is 0 Å². The van der Waals surface area contributed by atoms with E-state index in [1.165, 1.54) is 5.52 Å². The number of H-pyrrole nitrogens is 1. The Bertz CT molecular complexity index is 941. The van der Waals surface area contributed by atoms with Gasteiger partial charge in [0, 0.05) is 36.6 Å². The fourth-order valence-electron chi connectivity index (χ4n) is 2.99. The lowest BCUT2D eigenvalue weighted by Gasteiger charge is -2.07. The maximum atomic E-state index is 4.43. The summed E-state index contributed by atoms with van der Waals surface area (Å²) in [7, 11) is 0. The van der Waals surface area contributed by atoms with E-state index in [9.17, 15) is 0 Å². The molecule has 4 rings (SSSR count). The molecule has 0 unspecified atom stereocenters. The number of fused-ring (bicyclic) bond motifs is 1. The zero-order chi connectivity index (χ0) is 16.9. The van der Waals surface area contributed by atoms with E-state index in [1.54, 1.807) is 6.20 Å². The summed E-state index contributed by atoms with van der Waals surface area (Å²) >= 11 is 0. The number of rotatable bonds is 7. The summed E-state index contributed by atoms with van der Waals surface area (Å²) in [5, 5.41) is 10.7. The number of hydrogen-bond donors (Lipinski definition) is 2. The van der Waals surface area contributed by atoms with Gasteiger partial charge in [-0.2, -0.15) is 5.10 Å². The summed E-state index contributed by atoms with van der Waals surface area (Å²) in [6.45, 7) is 2.67. The van der Waals surface area contributed by atoms with Gasteiger partial charge in [-0.3, -0.25) is 10.1 Å². The van der Waals surface area contributed by atoms with E-state index in [1.807, 2.05) is 43.0 Å². The lowest BCUT2D eigenvalue weighted by Crippen LogP contribution is -2.16. The summed E-state index contributed by atoms with van der Waals surface area (Å²) < 4.78 is 2.20. The first kappa shape index (κ1) is 15.5. The fraction of sp³-hybridized carbons (Fsp3) is 0.211. The largest absolute Gasteiger partial charge is 0.331 e. The molecule has 3 aromatic heterocycles. The summed E-state index contributed by atoms with van der Waals surface area (Å²) in [5.41, 5.74) is 5.48. The normalized spacial score (nSPS) is 11.2. The third-order valence-electron chi connectivity index (χ3n) is 4.26. The number of aromatic nitrogens is 5. The molecule has 0 spiro atoms. The highest BCUT2D eigenvalue weighted by Crippen LogP contribution is 2.19. The molecule has 0 aliphatic carbocycles. The second kappa shape index (κ2) is 7.27. The van der Waals surface area contributed by atoms with Crippen molar-refractivity contribution < 1.29 is 0 Å². The zero-order valence-corrected chi connectivity index (χ0v) is 13.9. The van der Waals surface area contributed by atoms with Crippen LogP contribution in [-0.2, 0) is 13.1 Å². The standard InChI is InChI=1S/C19H20N6/c1-2-7-18-17(6-1)22-14-25(18)10-4-9-21-12-16-13-23-24-19(16)15-5-3-8-20-11-15/h1-3,5-8,11,13-14,21H,4,9-10,12H2,(H,23,24). The van der Waals surface area contributed by atoms with Crippen LogP contribution in [0.25, 0.3) is 22.3 Å². The minimum absolute atomic E-state index is 0.783. The molecule has 4 aromatic rings. The molecule has 6 heteroatoms. The van der Waals surface area contributed by atoms with Crippen LogP contribution in [0.3, 0.4) is 0 Å². The van der Waals surface area contributed by atoms with Crippen LogP contribution in [0.15, 0.2) is 61.3 Å². The number of hydrogen-bond acceptors (Lipinski definition) is 4. The lowest BCUT2D eigenvalue weighted by atomic mass is 10.1. The van der Waals surface area contributed by atoms with Gasteiger partial charge in [0.2, 0.25) is 0 Å². The molecule has 0 bridgehead atoms. The second-order valence-electron chi connectivity index (χ2n) is 5.97. The third-order valence-corrected chi connectivity index (χ3v) is 4.26. The van der Waals surface area contributed by atoms with Crippen LogP contribution >= 0.6 is 0 Å². The Kier molecular flexibility index (Phi) is 4.52. The summed E-state index contributed by atoms with van der Waals surface area (Å²) in [6.07, 6.45) is 8.46. The number of nitrogens with one attached hydrogen (secondary N) is 2. The van der Waals surface area contributed by atoms with Crippen molar-refractivity contribution in [1.29, 1.82) is 0 Å². The van der Waals surface area contributed by atoms with Gasteiger partial charge in [0.25, 0.3) is 0 Å². The van der Waals surface area contributed by atoms with E-state index in [4.69, 9.17) is 0 Å². The molecule has 0 radical (unpaired) electrons. The van der Waals surface area contributed by atoms with Gasteiger partial charge < -0.3 is 9.88 Å². The first-order valence-electron chi connectivity index (χ1n) is 8.45. The quantitative estimate of drug-likeness (QED) is 0.510. The first-order chi connectivity index (χ1) is 12.4. The monoisotopic (exact) mass is 332 g/mol. The molecule has 25 heavy (non-hydrogen) atoms. The summed E-state index contributed by atoms with van der Waals surface area (Å²) in [6, 6.07) is 12.2. The molecule has 1 aromatic carbocycles. The van der Waals surface area contributed by atoms with Crippen LogP contribution in [0.2, 0.25) is 0 Å². The van der Waals surface area contributed by atoms with E-state index in [0.717, 1.165) is 48.4 Å². The molecule has 0 amide bonds. The number of aryl methyl sites for hydroxylation is 1. The SMILES string of the molecule is c1cncc(-c2[nH]ncc2CNCCCn2cnc3ccccc32)c1. The topological polar surface area (TPSA) is 71.4 Å². The predicted octanol–water partition coefficient (Wildman–Crippen LogP) is 3.00. The molecular weight excluding hydrogens is 312 g/mol. The summed E-state index contributed by atoms with van der Waals surface area (Å²) in [5.74, 6) is 0. The lowest BCUT2D eigenvalue weighted by molar-refractivity contribution is 0.589. The highest BCUT2D eigenvalue weighted by atomic mass is 15.1. The Morgan fingerprint density at radius 1 is 1.08 bits per heavy atom. The van der Waals surface area contributed by atoms with Gasteiger partial charge in [-0.15, -0.1) is 0 Å². The maximum absolute atomic E-state index is 4.43. The average molecular weight is 332 g/mol. The van der Waals surface area contributed by atoms with Crippen LogP contribution in [0.1, 0.15) is 12.0 Å². The van der Waals surface area contributed by atoms with Gasteiger partial charge in [-0.25, -0.2) is 4.98 Å². The minimum Gasteiger partial charge on any atom is -0.331 e. The van der Waals surface area contributed by atoms with Crippen molar-refractivity contribution in [2.24, 2.45) is 0 Å². The molecule has 0 aliphatic rings. The Labute approximate surface area is 145 Å². The molecule has 3 heterocycles. The Morgan fingerprint density at radius 2 is 2.04 bits per heavy atom. The number of nitrogens with zero attached hydrogens (tertiary/aromatic N) is 4. The Hall–Kier alpha value is -2.99. The second-order valence-corrected chi connectivity index (χ2v) is 5.97. The third kappa shape index (κ3) is 3.44. The van der Waals surface area contributed by atoms with Crippen molar-refractivity contribution in [3.05, 3.63) is 66.9 Å². The van der Waals surface area contributed by atoms with Gasteiger partial charge in [-0.05, 0) is 37.2 Å². The molecule has 0 saturated heterocycles. The molecule has 0 aliphatic heterocycles. The van der Waals surface area contributed by atoms with E-state index < -0.39 is 0 Å². The number of pyridine rings is 1. The number of aromatic amines is 1. The molecule has 126 valence electrons. The number of para-hydroxylation sites is 2. The number of benzene rings is 1. The van der Waals surface area contributed by atoms with Crippen LogP contribution in [0.4, 0.5) is 0 Å². The van der Waals surface area contributed by atoms with Crippen molar-refractivity contribution in [1.82, 2.24) is 30.0 Å². The van der Waals surface area contributed by atoms with Crippen LogP contribution in [0.5, 0.6) is 0 Å². The Morgan fingerprint density at radius 3 is 2.96 bits per heavy atom. The predicted molar refractivity (Wildman–Crippen MR) is 97.9 cm³/mol. The minimum atomic E-state index is 0.783.